The van der Waals surface area contributed by atoms with Gasteiger partial charge in [-0.15, -0.1) is 0 Å². The lowest BCUT2D eigenvalue weighted by atomic mass is 9.93. The van der Waals surface area contributed by atoms with E-state index in [0.29, 0.717) is 24.6 Å². The number of rotatable bonds is 9. The predicted molar refractivity (Wildman–Crippen MR) is 153 cm³/mol. The third kappa shape index (κ3) is 6.12. The zero-order valence-electron chi connectivity index (χ0n) is 23.2. The SMILES string of the molecule is N#Cc1ccc(COc2nc(C3CCN(Cc4nc5ccc(C(=O)O)cc5n4CC4CCOC4)CC3)ccc2F)cc1. The number of nitriles is 1. The number of piperidine rings is 1. The molecule has 2 saturated heterocycles. The summed E-state index contributed by atoms with van der Waals surface area (Å²) >= 11 is 0. The molecule has 42 heavy (non-hydrogen) atoms. The van der Waals surface area contributed by atoms with Crippen LogP contribution in [-0.4, -0.2) is 56.8 Å². The fraction of sp³-hybridized carbons (Fsp3) is 0.375. The average Bonchev–Trinajstić information content (AvgIpc) is 3.65. The highest BCUT2D eigenvalue weighted by atomic mass is 19.1. The number of ether oxygens (including phenoxy) is 2. The Hall–Kier alpha value is -4.33. The summed E-state index contributed by atoms with van der Waals surface area (Å²) in [7, 11) is 0. The lowest BCUT2D eigenvalue weighted by Crippen LogP contribution is -2.34. The summed E-state index contributed by atoms with van der Waals surface area (Å²) in [6, 6.07) is 17.3. The Labute approximate surface area is 243 Å². The molecule has 0 bridgehead atoms. The Bertz CT molecular complexity index is 1620. The Balaban J connectivity index is 1.12. The summed E-state index contributed by atoms with van der Waals surface area (Å²) < 4.78 is 28.0. The molecule has 2 aromatic carbocycles. The molecule has 4 heterocycles. The summed E-state index contributed by atoms with van der Waals surface area (Å²) in [6.07, 6.45) is 2.72. The first-order valence-corrected chi connectivity index (χ1v) is 14.3. The molecule has 216 valence electrons. The summed E-state index contributed by atoms with van der Waals surface area (Å²) in [5.74, 6) is 0.0305. The normalized spacial score (nSPS) is 17.9. The fourth-order valence-corrected chi connectivity index (χ4v) is 5.80. The van der Waals surface area contributed by atoms with E-state index in [9.17, 15) is 14.3 Å². The maximum absolute atomic E-state index is 14.5. The molecule has 1 atom stereocenters. The third-order valence-electron chi connectivity index (χ3n) is 8.20. The van der Waals surface area contributed by atoms with Gasteiger partial charge in [-0.25, -0.2) is 19.2 Å². The number of likely N-dealkylation sites (tertiary alicyclic amines) is 1. The van der Waals surface area contributed by atoms with E-state index in [1.54, 1.807) is 48.5 Å². The highest BCUT2D eigenvalue weighted by molar-refractivity contribution is 5.92. The van der Waals surface area contributed by atoms with Crippen molar-refractivity contribution in [3.63, 3.8) is 0 Å². The van der Waals surface area contributed by atoms with Crippen molar-refractivity contribution in [3.05, 3.63) is 88.6 Å². The Morgan fingerprint density at radius 3 is 2.62 bits per heavy atom. The Morgan fingerprint density at radius 1 is 1.10 bits per heavy atom. The first-order valence-electron chi connectivity index (χ1n) is 14.3. The number of hydrogen-bond donors (Lipinski definition) is 1. The van der Waals surface area contributed by atoms with Crippen LogP contribution in [0, 0.1) is 23.1 Å². The quantitative estimate of drug-likeness (QED) is 0.295. The van der Waals surface area contributed by atoms with Gasteiger partial charge in [0.1, 0.15) is 12.4 Å². The van der Waals surface area contributed by atoms with Crippen molar-refractivity contribution < 1.29 is 23.8 Å². The van der Waals surface area contributed by atoms with Crippen LogP contribution in [0.4, 0.5) is 4.39 Å². The van der Waals surface area contributed by atoms with Crippen molar-refractivity contribution in [2.45, 2.75) is 44.9 Å². The molecule has 2 aliphatic heterocycles. The second-order valence-electron chi connectivity index (χ2n) is 11.0. The predicted octanol–water partition coefficient (Wildman–Crippen LogP) is 5.14. The summed E-state index contributed by atoms with van der Waals surface area (Å²) in [5, 5.41) is 18.5. The van der Waals surface area contributed by atoms with Gasteiger partial charge in [0, 0.05) is 30.7 Å². The van der Waals surface area contributed by atoms with E-state index in [2.05, 4.69) is 20.5 Å². The van der Waals surface area contributed by atoms with Gasteiger partial charge in [0.05, 0.1) is 41.4 Å². The number of fused-ring (bicyclic) bond motifs is 1. The van der Waals surface area contributed by atoms with Crippen molar-refractivity contribution in [2.24, 2.45) is 5.92 Å². The Kier molecular flexibility index (Phi) is 8.13. The molecule has 2 aromatic heterocycles. The maximum Gasteiger partial charge on any atom is 0.335 e. The number of carboxylic acid groups (broad SMARTS) is 1. The average molecular weight is 570 g/mol. The van der Waals surface area contributed by atoms with Gasteiger partial charge in [0.2, 0.25) is 0 Å². The van der Waals surface area contributed by atoms with E-state index in [-0.39, 0.29) is 24.0 Å². The van der Waals surface area contributed by atoms with Gasteiger partial charge in [0.15, 0.2) is 5.82 Å². The molecule has 0 radical (unpaired) electrons. The van der Waals surface area contributed by atoms with Crippen LogP contribution >= 0.6 is 0 Å². The van der Waals surface area contributed by atoms with Crippen molar-refractivity contribution >= 4 is 17.0 Å². The molecular weight excluding hydrogens is 537 g/mol. The topological polar surface area (TPSA) is 114 Å². The number of aromatic nitrogens is 3. The van der Waals surface area contributed by atoms with Crippen molar-refractivity contribution in [2.75, 3.05) is 26.3 Å². The van der Waals surface area contributed by atoms with E-state index < -0.39 is 11.8 Å². The largest absolute Gasteiger partial charge is 0.478 e. The third-order valence-corrected chi connectivity index (χ3v) is 8.20. The lowest BCUT2D eigenvalue weighted by molar-refractivity contribution is 0.0697. The minimum atomic E-state index is -0.949. The van der Waals surface area contributed by atoms with E-state index in [4.69, 9.17) is 19.7 Å². The number of halogens is 1. The van der Waals surface area contributed by atoms with Crippen molar-refractivity contribution in [1.82, 2.24) is 19.4 Å². The van der Waals surface area contributed by atoms with Gasteiger partial charge in [-0.3, -0.25) is 4.90 Å². The van der Waals surface area contributed by atoms with Crippen molar-refractivity contribution in [3.8, 4) is 11.9 Å². The van der Waals surface area contributed by atoms with Crippen LogP contribution < -0.4 is 4.74 Å². The molecule has 4 aromatic rings. The van der Waals surface area contributed by atoms with Gasteiger partial charge in [-0.2, -0.15) is 5.26 Å². The molecule has 1 N–H and O–H groups in total. The zero-order valence-corrected chi connectivity index (χ0v) is 23.2. The van der Waals surface area contributed by atoms with Gasteiger partial charge in [-0.05, 0) is 80.4 Å². The fourth-order valence-electron chi connectivity index (χ4n) is 5.80. The highest BCUT2D eigenvalue weighted by Gasteiger charge is 2.26. The second-order valence-corrected chi connectivity index (χ2v) is 11.0. The van der Waals surface area contributed by atoms with Crippen LogP contribution in [0.5, 0.6) is 5.88 Å². The molecule has 0 spiro atoms. The van der Waals surface area contributed by atoms with Crippen molar-refractivity contribution in [1.29, 1.82) is 5.26 Å². The number of carboxylic acids is 1. The van der Waals surface area contributed by atoms with E-state index in [1.165, 1.54) is 6.07 Å². The van der Waals surface area contributed by atoms with E-state index in [1.807, 2.05) is 0 Å². The Morgan fingerprint density at radius 2 is 1.90 bits per heavy atom. The molecule has 0 saturated carbocycles. The molecular formula is C32H32FN5O4. The van der Waals surface area contributed by atoms with Gasteiger partial charge >= 0.3 is 5.97 Å². The number of hydrogen-bond acceptors (Lipinski definition) is 7. The molecule has 1 unspecified atom stereocenters. The number of benzene rings is 2. The van der Waals surface area contributed by atoms with Crippen LogP contribution in [0.3, 0.4) is 0 Å². The van der Waals surface area contributed by atoms with Crippen LogP contribution in [-0.2, 0) is 24.4 Å². The maximum atomic E-state index is 14.5. The smallest absolute Gasteiger partial charge is 0.335 e. The highest BCUT2D eigenvalue weighted by Crippen LogP contribution is 2.31. The van der Waals surface area contributed by atoms with E-state index >= 15 is 0 Å². The van der Waals surface area contributed by atoms with Gasteiger partial charge < -0.3 is 19.1 Å². The number of pyridine rings is 1. The number of aromatic carboxylic acids is 1. The van der Waals surface area contributed by atoms with E-state index in [0.717, 1.165) is 73.6 Å². The molecule has 2 fully saturated rings. The van der Waals surface area contributed by atoms with Crippen LogP contribution in [0.15, 0.2) is 54.6 Å². The van der Waals surface area contributed by atoms with Gasteiger partial charge in [-0.1, -0.05) is 12.1 Å². The molecule has 0 aliphatic carbocycles. The summed E-state index contributed by atoms with van der Waals surface area (Å²) in [4.78, 5) is 23.4. The number of carbonyl (C=O) groups is 1. The molecule has 10 heteroatoms. The minimum absolute atomic E-state index is 0.00960. The number of imidazole rings is 1. The van der Waals surface area contributed by atoms with Crippen LogP contribution in [0.2, 0.25) is 0 Å². The number of nitrogens with zero attached hydrogens (tertiary/aromatic N) is 5. The molecule has 0 amide bonds. The second kappa shape index (κ2) is 12.3. The molecule has 9 nitrogen and oxygen atoms in total. The first-order chi connectivity index (χ1) is 20.5. The van der Waals surface area contributed by atoms with Gasteiger partial charge in [0.25, 0.3) is 5.88 Å². The van der Waals surface area contributed by atoms with Crippen LogP contribution in [0.25, 0.3) is 11.0 Å². The standard InChI is InChI=1S/C32H32FN5O4/c33-26-6-8-27(36-31(26)42-20-22-3-1-21(16-34)2-4-22)24-9-12-37(13-10-24)18-30-35-28-7-5-25(32(39)40)15-29(28)38(30)17-23-11-14-41-19-23/h1-8,15,23-24H,9-14,17-20H2,(H,39,40). The van der Waals surface area contributed by atoms with Crippen LogP contribution in [0.1, 0.15) is 58.2 Å². The molecule has 2 aliphatic rings. The summed E-state index contributed by atoms with van der Waals surface area (Å²) in [6.45, 7) is 4.69. The minimum Gasteiger partial charge on any atom is -0.478 e. The monoisotopic (exact) mass is 569 g/mol. The lowest BCUT2D eigenvalue weighted by Gasteiger charge is -2.31. The first kappa shape index (κ1) is 27.8. The summed E-state index contributed by atoms with van der Waals surface area (Å²) in [5.41, 5.74) is 4.11. The molecule has 6 rings (SSSR count). The zero-order chi connectivity index (χ0) is 29.1.